The molecule has 11 heavy (non-hydrogen) atoms. The van der Waals surface area contributed by atoms with Gasteiger partial charge < -0.3 is 10.1 Å². The average molecular weight is 154 g/mol. The molecule has 0 amide bonds. The van der Waals surface area contributed by atoms with Crippen molar-refractivity contribution in [2.75, 3.05) is 19.7 Å². The Labute approximate surface area is 66.8 Å². The van der Waals surface area contributed by atoms with Gasteiger partial charge in [0, 0.05) is 12.5 Å². The second-order valence-electron chi connectivity index (χ2n) is 3.32. The number of rotatable bonds is 1. The highest BCUT2D eigenvalue weighted by Gasteiger charge is 2.26. The van der Waals surface area contributed by atoms with Crippen molar-refractivity contribution < 1.29 is 4.74 Å². The quantitative estimate of drug-likeness (QED) is 0.593. The van der Waals surface area contributed by atoms with Crippen LogP contribution < -0.4 is 5.32 Å². The van der Waals surface area contributed by atoms with Gasteiger partial charge in [-0.3, -0.25) is 0 Å². The molecular formula is C8H14N2O. The number of hydrogen-bond donors (Lipinski definition) is 1. The van der Waals surface area contributed by atoms with E-state index in [-0.39, 0.29) is 0 Å². The fourth-order valence-corrected chi connectivity index (χ4v) is 1.59. The first-order valence-electron chi connectivity index (χ1n) is 4.27. The molecule has 1 saturated heterocycles. The van der Waals surface area contributed by atoms with Gasteiger partial charge in [0.05, 0.1) is 6.04 Å². The molecule has 1 N–H and O–H groups in total. The minimum absolute atomic E-state index is 0.380. The second kappa shape index (κ2) is 2.81. The Bertz CT molecular complexity index is 173. The van der Waals surface area contributed by atoms with E-state index in [0.717, 1.165) is 25.6 Å². The lowest BCUT2D eigenvalue weighted by Gasteiger charge is -2.06. The Kier molecular flexibility index (Phi) is 1.82. The van der Waals surface area contributed by atoms with Gasteiger partial charge in [0.25, 0.3) is 0 Å². The van der Waals surface area contributed by atoms with Crippen LogP contribution in [0.3, 0.4) is 0 Å². The maximum atomic E-state index is 5.46. The standard InChI is InChI=1S/C8H14N2O/c1-6-5-11-8(10-6)7-2-3-9-4-7/h6-7,9H,2-5H2,1H3. The number of aliphatic imine (C=N–C) groups is 1. The molecule has 2 aliphatic rings. The minimum atomic E-state index is 0.380. The molecule has 2 heterocycles. The Morgan fingerprint density at radius 1 is 1.64 bits per heavy atom. The monoisotopic (exact) mass is 154 g/mol. The van der Waals surface area contributed by atoms with Gasteiger partial charge in [-0.15, -0.1) is 0 Å². The largest absolute Gasteiger partial charge is 0.478 e. The molecule has 62 valence electrons. The van der Waals surface area contributed by atoms with Crippen molar-refractivity contribution in [1.82, 2.24) is 5.32 Å². The molecule has 2 unspecified atom stereocenters. The molecule has 0 aliphatic carbocycles. The summed E-state index contributed by atoms with van der Waals surface area (Å²) in [5, 5.41) is 3.30. The zero-order valence-electron chi connectivity index (χ0n) is 6.84. The van der Waals surface area contributed by atoms with E-state index in [1.165, 1.54) is 6.42 Å². The van der Waals surface area contributed by atoms with Gasteiger partial charge in [-0.1, -0.05) is 0 Å². The van der Waals surface area contributed by atoms with Gasteiger partial charge in [0.1, 0.15) is 6.61 Å². The van der Waals surface area contributed by atoms with E-state index < -0.39 is 0 Å². The smallest absolute Gasteiger partial charge is 0.188 e. The van der Waals surface area contributed by atoms with Crippen molar-refractivity contribution in [3.63, 3.8) is 0 Å². The van der Waals surface area contributed by atoms with Crippen LogP contribution in [0.25, 0.3) is 0 Å². The predicted molar refractivity (Wildman–Crippen MR) is 43.8 cm³/mol. The van der Waals surface area contributed by atoms with Gasteiger partial charge >= 0.3 is 0 Å². The lowest BCUT2D eigenvalue weighted by Crippen LogP contribution is -2.17. The molecule has 0 aromatic carbocycles. The van der Waals surface area contributed by atoms with Gasteiger partial charge in [-0.05, 0) is 19.9 Å². The summed E-state index contributed by atoms with van der Waals surface area (Å²) in [6.45, 7) is 5.04. The van der Waals surface area contributed by atoms with Crippen LogP contribution in [0.4, 0.5) is 0 Å². The summed E-state index contributed by atoms with van der Waals surface area (Å²) in [4.78, 5) is 4.42. The van der Waals surface area contributed by atoms with E-state index in [0.29, 0.717) is 12.0 Å². The molecule has 3 nitrogen and oxygen atoms in total. The summed E-state index contributed by atoms with van der Waals surface area (Å²) in [5.74, 6) is 1.54. The SMILES string of the molecule is CC1COC(C2CCNC2)=N1. The summed E-state index contributed by atoms with van der Waals surface area (Å²) >= 11 is 0. The van der Waals surface area contributed by atoms with Crippen LogP contribution in [0.2, 0.25) is 0 Å². The molecule has 0 radical (unpaired) electrons. The van der Waals surface area contributed by atoms with Gasteiger partial charge in [-0.25, -0.2) is 4.99 Å². The second-order valence-corrected chi connectivity index (χ2v) is 3.32. The molecule has 2 rings (SSSR count). The molecule has 1 fully saturated rings. The van der Waals surface area contributed by atoms with Crippen LogP contribution in [-0.4, -0.2) is 31.6 Å². The van der Waals surface area contributed by atoms with Crippen molar-refractivity contribution >= 4 is 5.90 Å². The molecule has 0 bridgehead atoms. The average Bonchev–Trinajstić information content (AvgIpc) is 2.55. The van der Waals surface area contributed by atoms with E-state index in [4.69, 9.17) is 4.74 Å². The first kappa shape index (κ1) is 7.10. The van der Waals surface area contributed by atoms with Gasteiger partial charge in [0.15, 0.2) is 5.90 Å². The van der Waals surface area contributed by atoms with E-state index >= 15 is 0 Å². The number of nitrogens with zero attached hydrogens (tertiary/aromatic N) is 1. The first-order valence-corrected chi connectivity index (χ1v) is 4.27. The predicted octanol–water partition coefficient (Wildman–Crippen LogP) is 0.413. The molecule has 2 atom stereocenters. The Hall–Kier alpha value is -0.570. The van der Waals surface area contributed by atoms with E-state index in [2.05, 4.69) is 17.2 Å². The molecular weight excluding hydrogens is 140 g/mol. The Morgan fingerprint density at radius 3 is 3.09 bits per heavy atom. The van der Waals surface area contributed by atoms with Crippen LogP contribution in [0.1, 0.15) is 13.3 Å². The fourth-order valence-electron chi connectivity index (χ4n) is 1.59. The summed E-state index contributed by atoms with van der Waals surface area (Å²) in [6, 6.07) is 0.380. The molecule has 0 spiro atoms. The molecule has 0 saturated carbocycles. The van der Waals surface area contributed by atoms with Crippen LogP contribution in [0.15, 0.2) is 4.99 Å². The van der Waals surface area contributed by atoms with Crippen molar-refractivity contribution in [3.05, 3.63) is 0 Å². The summed E-state index contributed by atoms with van der Waals surface area (Å²) < 4.78 is 5.46. The molecule has 3 heteroatoms. The van der Waals surface area contributed by atoms with Gasteiger partial charge in [0.2, 0.25) is 0 Å². The topological polar surface area (TPSA) is 33.6 Å². The van der Waals surface area contributed by atoms with Crippen molar-refractivity contribution in [2.24, 2.45) is 10.9 Å². The van der Waals surface area contributed by atoms with Gasteiger partial charge in [-0.2, -0.15) is 0 Å². The minimum Gasteiger partial charge on any atom is -0.478 e. The summed E-state index contributed by atoms with van der Waals surface area (Å²) in [5.41, 5.74) is 0. The number of hydrogen-bond acceptors (Lipinski definition) is 3. The third kappa shape index (κ3) is 1.38. The van der Waals surface area contributed by atoms with Crippen molar-refractivity contribution in [2.45, 2.75) is 19.4 Å². The summed E-state index contributed by atoms with van der Waals surface area (Å²) in [7, 11) is 0. The number of ether oxygens (including phenoxy) is 1. The van der Waals surface area contributed by atoms with E-state index in [1.807, 2.05) is 0 Å². The van der Waals surface area contributed by atoms with E-state index in [9.17, 15) is 0 Å². The maximum Gasteiger partial charge on any atom is 0.188 e. The highest BCUT2D eigenvalue weighted by molar-refractivity contribution is 5.80. The number of nitrogens with one attached hydrogen (secondary N) is 1. The van der Waals surface area contributed by atoms with Crippen molar-refractivity contribution in [1.29, 1.82) is 0 Å². The lowest BCUT2D eigenvalue weighted by molar-refractivity contribution is 0.304. The summed E-state index contributed by atoms with van der Waals surface area (Å²) in [6.07, 6.45) is 1.19. The lowest BCUT2D eigenvalue weighted by atomic mass is 10.1. The Balaban J connectivity index is 1.98. The van der Waals surface area contributed by atoms with Crippen LogP contribution in [-0.2, 0) is 4.74 Å². The van der Waals surface area contributed by atoms with Crippen LogP contribution >= 0.6 is 0 Å². The first-order chi connectivity index (χ1) is 5.36. The molecule has 0 aromatic heterocycles. The maximum absolute atomic E-state index is 5.46. The fraction of sp³-hybridized carbons (Fsp3) is 0.875. The Morgan fingerprint density at radius 2 is 2.55 bits per heavy atom. The molecule has 2 aliphatic heterocycles. The van der Waals surface area contributed by atoms with Crippen LogP contribution in [0.5, 0.6) is 0 Å². The third-order valence-electron chi connectivity index (χ3n) is 2.23. The van der Waals surface area contributed by atoms with E-state index in [1.54, 1.807) is 0 Å². The zero-order chi connectivity index (χ0) is 7.68. The van der Waals surface area contributed by atoms with Crippen molar-refractivity contribution in [3.8, 4) is 0 Å². The molecule has 0 aromatic rings. The highest BCUT2D eigenvalue weighted by atomic mass is 16.5. The highest BCUT2D eigenvalue weighted by Crippen LogP contribution is 2.16. The van der Waals surface area contributed by atoms with Crippen LogP contribution in [0, 0.1) is 5.92 Å². The third-order valence-corrected chi connectivity index (χ3v) is 2.23. The zero-order valence-corrected chi connectivity index (χ0v) is 6.84. The normalized spacial score (nSPS) is 37.0.